The molecule has 2 amide bonds. The van der Waals surface area contributed by atoms with Crippen molar-refractivity contribution in [3.8, 4) is 6.07 Å². The molecule has 0 fully saturated rings. The molecule has 1 aromatic heterocycles. The first-order valence-corrected chi connectivity index (χ1v) is 7.22. The summed E-state index contributed by atoms with van der Waals surface area (Å²) in [7, 11) is 5.48. The number of benzene rings is 1. The van der Waals surface area contributed by atoms with Gasteiger partial charge in [-0.15, -0.1) is 0 Å². The first-order valence-electron chi connectivity index (χ1n) is 7.22. The highest BCUT2D eigenvalue weighted by Crippen LogP contribution is 2.22. The van der Waals surface area contributed by atoms with Gasteiger partial charge in [0.2, 0.25) is 0 Å². The van der Waals surface area contributed by atoms with Gasteiger partial charge in [-0.05, 0) is 25.1 Å². The fourth-order valence-electron chi connectivity index (χ4n) is 1.89. The number of carbonyl (C=O) groups excluding carboxylic acids is 1. The minimum atomic E-state index is -0.429. The van der Waals surface area contributed by atoms with Gasteiger partial charge in [-0.25, -0.2) is 9.79 Å². The number of nitrogens with zero attached hydrogens (tertiary/aromatic N) is 5. The summed E-state index contributed by atoms with van der Waals surface area (Å²) in [6.07, 6.45) is 1.61. The summed E-state index contributed by atoms with van der Waals surface area (Å²) in [6.45, 7) is 1.89. The van der Waals surface area contributed by atoms with E-state index in [1.807, 2.05) is 21.0 Å². The van der Waals surface area contributed by atoms with Gasteiger partial charge < -0.3 is 10.2 Å². The van der Waals surface area contributed by atoms with Crippen LogP contribution in [-0.4, -0.2) is 41.1 Å². The minimum Gasteiger partial charge on any atom is -0.369 e. The zero-order valence-electron chi connectivity index (χ0n) is 14.0. The molecule has 8 nitrogen and oxygen atoms in total. The molecular formula is C16H19N7O. The monoisotopic (exact) mass is 325 g/mol. The lowest BCUT2D eigenvalue weighted by molar-refractivity contribution is 0.262. The van der Waals surface area contributed by atoms with Crippen LogP contribution >= 0.6 is 0 Å². The third kappa shape index (κ3) is 4.33. The smallest absolute Gasteiger partial charge is 0.324 e. The van der Waals surface area contributed by atoms with Crippen LogP contribution < -0.4 is 10.6 Å². The third-order valence-corrected chi connectivity index (χ3v) is 3.16. The SMILES string of the molecule is Cc1cc(NC(=O)Nc2ccc(/N=C/N(C)C)c(C#N)c2)nn1C. The van der Waals surface area contributed by atoms with E-state index in [0.717, 1.165) is 5.69 Å². The Morgan fingerprint density at radius 2 is 2.12 bits per heavy atom. The number of anilines is 2. The van der Waals surface area contributed by atoms with Crippen molar-refractivity contribution in [3.05, 3.63) is 35.5 Å². The van der Waals surface area contributed by atoms with E-state index < -0.39 is 6.03 Å². The highest BCUT2D eigenvalue weighted by Gasteiger charge is 2.08. The van der Waals surface area contributed by atoms with Crippen molar-refractivity contribution < 1.29 is 4.79 Å². The molecule has 0 atom stereocenters. The number of rotatable bonds is 4. The predicted octanol–water partition coefficient (Wildman–Crippen LogP) is 2.47. The van der Waals surface area contributed by atoms with Crippen molar-refractivity contribution >= 4 is 29.6 Å². The summed E-state index contributed by atoms with van der Waals surface area (Å²) in [5.74, 6) is 0.459. The van der Waals surface area contributed by atoms with Crippen LogP contribution in [0.15, 0.2) is 29.3 Å². The lowest BCUT2D eigenvalue weighted by Gasteiger charge is -2.08. The summed E-state index contributed by atoms with van der Waals surface area (Å²) >= 11 is 0. The Bertz CT molecular complexity index is 795. The van der Waals surface area contributed by atoms with E-state index in [4.69, 9.17) is 0 Å². The van der Waals surface area contributed by atoms with E-state index >= 15 is 0 Å². The van der Waals surface area contributed by atoms with Crippen LogP contribution in [0.5, 0.6) is 0 Å². The molecular weight excluding hydrogens is 306 g/mol. The highest BCUT2D eigenvalue weighted by atomic mass is 16.2. The second-order valence-electron chi connectivity index (χ2n) is 5.43. The first kappa shape index (κ1) is 17.0. The average molecular weight is 325 g/mol. The van der Waals surface area contributed by atoms with Gasteiger partial charge in [0.15, 0.2) is 5.82 Å². The van der Waals surface area contributed by atoms with Gasteiger partial charge in [0.05, 0.1) is 17.6 Å². The molecule has 0 saturated carbocycles. The van der Waals surface area contributed by atoms with Crippen molar-refractivity contribution in [3.63, 3.8) is 0 Å². The summed E-state index contributed by atoms with van der Waals surface area (Å²) in [6, 6.07) is 8.35. The van der Waals surface area contributed by atoms with E-state index in [1.54, 1.807) is 47.2 Å². The van der Waals surface area contributed by atoms with Gasteiger partial charge in [0.25, 0.3) is 0 Å². The molecule has 2 rings (SSSR count). The molecule has 24 heavy (non-hydrogen) atoms. The Kier molecular flexibility index (Phi) is 5.16. The number of amides is 2. The van der Waals surface area contributed by atoms with Crippen LogP contribution in [0, 0.1) is 18.3 Å². The van der Waals surface area contributed by atoms with Crippen LogP contribution in [-0.2, 0) is 7.05 Å². The third-order valence-electron chi connectivity index (χ3n) is 3.16. The number of nitrogens with one attached hydrogen (secondary N) is 2. The number of aromatic nitrogens is 2. The van der Waals surface area contributed by atoms with Crippen molar-refractivity contribution in [2.24, 2.45) is 12.0 Å². The Labute approximate surface area is 140 Å². The molecule has 1 aromatic carbocycles. The number of carbonyl (C=O) groups is 1. The lowest BCUT2D eigenvalue weighted by Crippen LogP contribution is -2.19. The van der Waals surface area contributed by atoms with Crippen molar-refractivity contribution in [2.75, 3.05) is 24.7 Å². The molecule has 0 aliphatic rings. The van der Waals surface area contributed by atoms with Crippen LogP contribution in [0.2, 0.25) is 0 Å². The predicted molar refractivity (Wildman–Crippen MR) is 93.6 cm³/mol. The van der Waals surface area contributed by atoms with Crippen LogP contribution in [0.25, 0.3) is 0 Å². The Balaban J connectivity index is 2.09. The summed E-state index contributed by atoms with van der Waals surface area (Å²) in [4.78, 5) is 18.0. The Morgan fingerprint density at radius 1 is 1.38 bits per heavy atom. The zero-order valence-corrected chi connectivity index (χ0v) is 14.0. The number of hydrogen-bond donors (Lipinski definition) is 2. The molecule has 0 bridgehead atoms. The maximum absolute atomic E-state index is 12.0. The largest absolute Gasteiger partial charge is 0.369 e. The van der Waals surface area contributed by atoms with Gasteiger partial charge in [0, 0.05) is 38.6 Å². The maximum atomic E-state index is 12.0. The van der Waals surface area contributed by atoms with Gasteiger partial charge in [-0.2, -0.15) is 10.4 Å². The highest BCUT2D eigenvalue weighted by molar-refractivity contribution is 5.99. The molecule has 2 aromatic rings. The fraction of sp³-hybridized carbons (Fsp3) is 0.250. The molecule has 1 heterocycles. The van der Waals surface area contributed by atoms with E-state index in [2.05, 4.69) is 26.8 Å². The molecule has 8 heteroatoms. The minimum absolute atomic E-state index is 0.375. The maximum Gasteiger partial charge on any atom is 0.324 e. The van der Waals surface area contributed by atoms with Crippen molar-refractivity contribution in [1.29, 1.82) is 5.26 Å². The summed E-state index contributed by atoms with van der Waals surface area (Å²) < 4.78 is 1.67. The lowest BCUT2D eigenvalue weighted by atomic mass is 10.2. The molecule has 0 unspecified atom stereocenters. The van der Waals surface area contributed by atoms with Gasteiger partial charge in [-0.3, -0.25) is 10.00 Å². The number of urea groups is 1. The second-order valence-corrected chi connectivity index (χ2v) is 5.43. The first-order chi connectivity index (χ1) is 11.4. The van der Waals surface area contributed by atoms with E-state index in [9.17, 15) is 10.1 Å². The van der Waals surface area contributed by atoms with E-state index in [0.29, 0.717) is 22.8 Å². The fourth-order valence-corrected chi connectivity index (χ4v) is 1.89. The number of hydrogen-bond acceptors (Lipinski definition) is 4. The zero-order chi connectivity index (χ0) is 17.7. The van der Waals surface area contributed by atoms with Crippen LogP contribution in [0.4, 0.5) is 22.0 Å². The molecule has 2 N–H and O–H groups in total. The van der Waals surface area contributed by atoms with Crippen molar-refractivity contribution in [2.45, 2.75) is 6.92 Å². The van der Waals surface area contributed by atoms with Crippen LogP contribution in [0.1, 0.15) is 11.3 Å². The molecule has 124 valence electrons. The van der Waals surface area contributed by atoms with E-state index in [-0.39, 0.29) is 0 Å². The molecule has 0 radical (unpaired) electrons. The van der Waals surface area contributed by atoms with Gasteiger partial charge >= 0.3 is 6.03 Å². The summed E-state index contributed by atoms with van der Waals surface area (Å²) in [5, 5.41) is 18.7. The number of aryl methyl sites for hydroxylation is 2. The van der Waals surface area contributed by atoms with E-state index in [1.165, 1.54) is 0 Å². The van der Waals surface area contributed by atoms with Crippen molar-refractivity contribution in [1.82, 2.24) is 14.7 Å². The molecule has 0 saturated heterocycles. The quantitative estimate of drug-likeness (QED) is 0.666. The molecule has 0 aliphatic carbocycles. The normalized spacial score (nSPS) is 10.5. The number of aliphatic imine (C=N–C) groups is 1. The Hall–Kier alpha value is -3.34. The topological polar surface area (TPSA) is 98.3 Å². The standard InChI is InChI=1S/C16H19N7O/c1-11-7-15(21-23(11)4)20-16(24)19-13-5-6-14(12(8-13)9-17)18-10-22(2)3/h5-8,10H,1-4H3,(H2,19,20,21,24)/b18-10+. The molecule has 0 aliphatic heterocycles. The van der Waals surface area contributed by atoms with Crippen LogP contribution in [0.3, 0.4) is 0 Å². The summed E-state index contributed by atoms with van der Waals surface area (Å²) in [5.41, 5.74) is 2.35. The molecule has 0 spiro atoms. The average Bonchev–Trinajstić information content (AvgIpc) is 2.83. The van der Waals surface area contributed by atoms with Gasteiger partial charge in [0.1, 0.15) is 6.07 Å². The number of nitriles is 1. The van der Waals surface area contributed by atoms with Gasteiger partial charge in [-0.1, -0.05) is 0 Å². The Morgan fingerprint density at radius 3 is 2.71 bits per heavy atom. The second kappa shape index (κ2) is 7.28.